The highest BCUT2D eigenvalue weighted by Gasteiger charge is 2.10. The molecular formula is C17H16N4O2S. The predicted molar refractivity (Wildman–Crippen MR) is 96.0 cm³/mol. The van der Waals surface area contributed by atoms with Gasteiger partial charge in [-0.2, -0.15) is 0 Å². The number of hydrogen-bond donors (Lipinski definition) is 2. The molecule has 0 saturated heterocycles. The van der Waals surface area contributed by atoms with Crippen molar-refractivity contribution in [1.29, 1.82) is 0 Å². The number of anilines is 1. The number of H-pyrrole nitrogens is 1. The van der Waals surface area contributed by atoms with Crippen LogP contribution in [0.25, 0.3) is 10.9 Å². The largest absolute Gasteiger partial charge is 0.332 e. The van der Waals surface area contributed by atoms with Crippen molar-refractivity contribution in [3.8, 4) is 0 Å². The third kappa shape index (κ3) is 2.98. The van der Waals surface area contributed by atoms with Crippen molar-refractivity contribution in [1.82, 2.24) is 14.5 Å². The standard InChI is InChI=1S/C17H16N4O2S/c1-3-21-16(23)12-6-5-11(8-13(12)19-17(21)24)15(22)20-14-7-4-10(2)9-18-14/h4-9H,3H2,1-2H3,(H,19,24)(H,18,20,22). The van der Waals surface area contributed by atoms with Crippen LogP contribution in [0.4, 0.5) is 5.82 Å². The van der Waals surface area contributed by atoms with E-state index in [2.05, 4.69) is 15.3 Å². The van der Waals surface area contributed by atoms with E-state index in [9.17, 15) is 9.59 Å². The first-order valence-electron chi connectivity index (χ1n) is 7.50. The molecule has 0 spiro atoms. The maximum absolute atomic E-state index is 12.4. The minimum Gasteiger partial charge on any atom is -0.332 e. The number of hydrogen-bond acceptors (Lipinski definition) is 4. The smallest absolute Gasteiger partial charge is 0.262 e. The van der Waals surface area contributed by atoms with Crippen LogP contribution in [0.3, 0.4) is 0 Å². The van der Waals surface area contributed by atoms with E-state index in [-0.39, 0.29) is 11.5 Å². The van der Waals surface area contributed by atoms with Crippen LogP contribution in [0.2, 0.25) is 0 Å². The van der Waals surface area contributed by atoms with Gasteiger partial charge in [-0.25, -0.2) is 4.98 Å². The number of carbonyl (C=O) groups excluding carboxylic acids is 1. The van der Waals surface area contributed by atoms with Gasteiger partial charge in [0.1, 0.15) is 5.82 Å². The number of amides is 1. The summed E-state index contributed by atoms with van der Waals surface area (Å²) in [6.45, 7) is 4.27. The summed E-state index contributed by atoms with van der Waals surface area (Å²) >= 11 is 5.19. The van der Waals surface area contributed by atoms with E-state index >= 15 is 0 Å². The molecule has 0 unspecified atom stereocenters. The lowest BCUT2D eigenvalue weighted by Crippen LogP contribution is -2.21. The number of carbonyl (C=O) groups is 1. The Morgan fingerprint density at radius 2 is 2.12 bits per heavy atom. The molecular weight excluding hydrogens is 324 g/mol. The molecule has 0 bridgehead atoms. The summed E-state index contributed by atoms with van der Waals surface area (Å²) in [7, 11) is 0. The first-order chi connectivity index (χ1) is 11.5. The van der Waals surface area contributed by atoms with Gasteiger partial charge in [-0.05, 0) is 55.9 Å². The lowest BCUT2D eigenvalue weighted by atomic mass is 10.1. The fraction of sp³-hybridized carbons (Fsp3) is 0.176. The second-order valence-electron chi connectivity index (χ2n) is 5.41. The van der Waals surface area contributed by atoms with Crippen LogP contribution < -0.4 is 10.9 Å². The summed E-state index contributed by atoms with van der Waals surface area (Å²) in [5.41, 5.74) is 1.81. The summed E-state index contributed by atoms with van der Waals surface area (Å²) in [5.74, 6) is 0.173. The van der Waals surface area contributed by atoms with Gasteiger partial charge in [0, 0.05) is 18.3 Å². The van der Waals surface area contributed by atoms with Crippen molar-refractivity contribution in [3.05, 3.63) is 62.8 Å². The van der Waals surface area contributed by atoms with E-state index in [1.807, 2.05) is 19.9 Å². The van der Waals surface area contributed by atoms with Gasteiger partial charge in [-0.15, -0.1) is 0 Å². The van der Waals surface area contributed by atoms with Gasteiger partial charge in [0.25, 0.3) is 11.5 Å². The zero-order valence-corrected chi connectivity index (χ0v) is 14.1. The molecule has 3 aromatic rings. The number of fused-ring (bicyclic) bond motifs is 1. The number of pyridine rings is 1. The van der Waals surface area contributed by atoms with E-state index in [0.29, 0.717) is 33.6 Å². The molecule has 2 aromatic heterocycles. The SMILES string of the molecule is CCn1c(=S)[nH]c2cc(C(=O)Nc3ccc(C)cn3)ccc2c1=O. The molecule has 0 atom stereocenters. The van der Waals surface area contributed by atoms with Crippen LogP contribution in [0, 0.1) is 11.7 Å². The maximum atomic E-state index is 12.4. The molecule has 2 N–H and O–H groups in total. The van der Waals surface area contributed by atoms with Crippen LogP contribution in [0.1, 0.15) is 22.8 Å². The minimum absolute atomic E-state index is 0.164. The van der Waals surface area contributed by atoms with E-state index in [1.165, 1.54) is 4.57 Å². The van der Waals surface area contributed by atoms with Crippen LogP contribution in [0.5, 0.6) is 0 Å². The maximum Gasteiger partial charge on any atom is 0.262 e. The zero-order chi connectivity index (χ0) is 17.3. The van der Waals surface area contributed by atoms with E-state index in [0.717, 1.165) is 5.56 Å². The average molecular weight is 340 g/mol. The second-order valence-corrected chi connectivity index (χ2v) is 5.80. The monoisotopic (exact) mass is 340 g/mol. The van der Waals surface area contributed by atoms with Gasteiger partial charge in [0.15, 0.2) is 4.77 Å². The Balaban J connectivity index is 1.98. The Bertz CT molecular complexity index is 1040. The normalized spacial score (nSPS) is 10.8. The predicted octanol–water partition coefficient (Wildman–Crippen LogP) is 3.03. The molecule has 1 amide bonds. The van der Waals surface area contributed by atoms with Crippen LogP contribution >= 0.6 is 12.2 Å². The molecule has 7 heteroatoms. The van der Waals surface area contributed by atoms with Crippen LogP contribution in [-0.4, -0.2) is 20.4 Å². The molecule has 0 radical (unpaired) electrons. The Labute approximate surface area is 143 Å². The van der Waals surface area contributed by atoms with E-state index in [4.69, 9.17) is 12.2 Å². The van der Waals surface area contributed by atoms with Crippen molar-refractivity contribution in [2.45, 2.75) is 20.4 Å². The molecule has 24 heavy (non-hydrogen) atoms. The van der Waals surface area contributed by atoms with Crippen molar-refractivity contribution in [2.75, 3.05) is 5.32 Å². The van der Waals surface area contributed by atoms with Crippen molar-refractivity contribution < 1.29 is 4.79 Å². The summed E-state index contributed by atoms with van der Waals surface area (Å²) < 4.78 is 1.82. The van der Waals surface area contributed by atoms with Gasteiger partial charge in [-0.1, -0.05) is 6.07 Å². The summed E-state index contributed by atoms with van der Waals surface area (Å²) in [6.07, 6.45) is 1.68. The quantitative estimate of drug-likeness (QED) is 0.718. The molecule has 0 aliphatic rings. The number of aromatic amines is 1. The van der Waals surface area contributed by atoms with Gasteiger partial charge in [0.2, 0.25) is 0 Å². The molecule has 6 nitrogen and oxygen atoms in total. The highest BCUT2D eigenvalue weighted by atomic mass is 32.1. The van der Waals surface area contributed by atoms with Gasteiger partial charge in [0.05, 0.1) is 10.9 Å². The number of nitrogens with one attached hydrogen (secondary N) is 2. The molecule has 0 aliphatic heterocycles. The first kappa shape index (κ1) is 16.1. The number of aromatic nitrogens is 3. The molecule has 0 saturated carbocycles. The highest BCUT2D eigenvalue weighted by molar-refractivity contribution is 7.71. The summed E-state index contributed by atoms with van der Waals surface area (Å²) in [6, 6.07) is 8.47. The lowest BCUT2D eigenvalue weighted by molar-refractivity contribution is 0.102. The Kier molecular flexibility index (Phi) is 4.26. The van der Waals surface area contributed by atoms with Crippen molar-refractivity contribution in [2.24, 2.45) is 0 Å². The average Bonchev–Trinajstić information content (AvgIpc) is 2.56. The lowest BCUT2D eigenvalue weighted by Gasteiger charge is -2.08. The number of nitrogens with zero attached hydrogens (tertiary/aromatic N) is 2. The Morgan fingerprint density at radius 3 is 2.79 bits per heavy atom. The topological polar surface area (TPSA) is 79.8 Å². The number of aryl methyl sites for hydroxylation is 1. The molecule has 1 aromatic carbocycles. The number of benzene rings is 1. The van der Waals surface area contributed by atoms with Crippen molar-refractivity contribution >= 4 is 34.8 Å². The van der Waals surface area contributed by atoms with E-state index < -0.39 is 0 Å². The fourth-order valence-corrected chi connectivity index (χ4v) is 2.74. The fourth-order valence-electron chi connectivity index (χ4n) is 2.41. The molecule has 2 heterocycles. The van der Waals surface area contributed by atoms with Gasteiger partial charge >= 0.3 is 0 Å². The zero-order valence-electron chi connectivity index (χ0n) is 13.3. The molecule has 0 aliphatic carbocycles. The van der Waals surface area contributed by atoms with E-state index in [1.54, 1.807) is 30.5 Å². The first-order valence-corrected chi connectivity index (χ1v) is 7.91. The Morgan fingerprint density at radius 1 is 1.33 bits per heavy atom. The molecule has 0 fully saturated rings. The van der Waals surface area contributed by atoms with Crippen LogP contribution in [-0.2, 0) is 6.54 Å². The second kappa shape index (κ2) is 6.37. The third-order valence-corrected chi connectivity index (χ3v) is 4.04. The third-order valence-electron chi connectivity index (χ3n) is 3.71. The summed E-state index contributed by atoms with van der Waals surface area (Å²) in [4.78, 5) is 31.9. The highest BCUT2D eigenvalue weighted by Crippen LogP contribution is 2.13. The molecule has 3 rings (SSSR count). The Hall–Kier alpha value is -2.80. The van der Waals surface area contributed by atoms with Crippen molar-refractivity contribution in [3.63, 3.8) is 0 Å². The minimum atomic E-state index is -0.299. The van der Waals surface area contributed by atoms with Gasteiger partial charge in [-0.3, -0.25) is 14.2 Å². The molecule has 122 valence electrons. The van der Waals surface area contributed by atoms with Gasteiger partial charge < -0.3 is 10.3 Å². The number of rotatable bonds is 3. The summed E-state index contributed by atoms with van der Waals surface area (Å²) in [5, 5.41) is 3.22. The van der Waals surface area contributed by atoms with Crippen LogP contribution in [0.15, 0.2) is 41.3 Å².